The minimum Gasteiger partial charge on any atom is -0.495 e. The van der Waals surface area contributed by atoms with Crippen molar-refractivity contribution in [3.8, 4) is 5.75 Å². The number of halogens is 1. The Balaban J connectivity index is 0.858. The van der Waals surface area contributed by atoms with Gasteiger partial charge in [-0.15, -0.1) is 16.8 Å². The number of hydrogen-bond acceptors (Lipinski definition) is 22. The van der Waals surface area contributed by atoms with E-state index in [2.05, 4.69) is 10.6 Å². The number of imide groups is 2. The Morgan fingerprint density at radius 3 is 2.15 bits per heavy atom. The molecule has 0 saturated carbocycles. The second-order valence-corrected chi connectivity index (χ2v) is 23.5. The van der Waals surface area contributed by atoms with Gasteiger partial charge in [0, 0.05) is 90.3 Å². The lowest BCUT2D eigenvalue weighted by molar-refractivity contribution is -0.319. The van der Waals surface area contributed by atoms with Crippen LogP contribution in [0.1, 0.15) is 91.0 Å². The zero-order valence-corrected chi connectivity index (χ0v) is 51.6. The molecule has 1 aromatic rings. The summed E-state index contributed by atoms with van der Waals surface area (Å²) in [7, 11) is 4.52. The van der Waals surface area contributed by atoms with Crippen molar-refractivity contribution in [3.63, 3.8) is 0 Å². The highest BCUT2D eigenvalue weighted by Crippen LogP contribution is 2.52. The largest absolute Gasteiger partial charge is 0.495 e. The van der Waals surface area contributed by atoms with E-state index in [9.17, 15) is 48.3 Å². The fourth-order valence-corrected chi connectivity index (χ4v) is 11.9. The first-order valence-electron chi connectivity index (χ1n) is 28.7. The summed E-state index contributed by atoms with van der Waals surface area (Å²) in [5, 5.41) is 17.2. The highest BCUT2D eigenvalue weighted by molar-refractivity contribution is 8.00. The van der Waals surface area contributed by atoms with Crippen molar-refractivity contribution < 1.29 is 100 Å². The Kier molecular flexibility index (Phi) is 26.8. The molecule has 4 fully saturated rings. The van der Waals surface area contributed by atoms with Crippen LogP contribution >= 0.6 is 23.4 Å². The molecule has 8 atom stereocenters. The van der Waals surface area contributed by atoms with Crippen LogP contribution in [0.25, 0.3) is 0 Å². The maximum atomic E-state index is 14.4. The molecule has 28 heteroatoms. The summed E-state index contributed by atoms with van der Waals surface area (Å²) in [5.41, 5.74) is -1.93. The number of amides is 7. The van der Waals surface area contributed by atoms with Crippen LogP contribution in [0.3, 0.4) is 0 Å². The summed E-state index contributed by atoms with van der Waals surface area (Å²) in [5.74, 6) is -3.50. The lowest BCUT2D eigenvalue weighted by atomic mass is 9.67. The predicted molar refractivity (Wildman–Crippen MR) is 309 cm³/mol. The number of hydroxylamine groups is 2. The second-order valence-electron chi connectivity index (χ2n) is 21.9. The summed E-state index contributed by atoms with van der Waals surface area (Å²) in [6, 6.07) is 3.61. The van der Waals surface area contributed by atoms with Gasteiger partial charge in [-0.2, -0.15) is 0 Å². The van der Waals surface area contributed by atoms with Gasteiger partial charge in [0.25, 0.3) is 11.8 Å². The summed E-state index contributed by atoms with van der Waals surface area (Å²) in [4.78, 5) is 122. The Bertz CT molecular complexity index is 2620. The molecule has 7 rings (SSSR count). The number of methoxy groups -OCH3 is 2. The van der Waals surface area contributed by atoms with E-state index in [4.69, 9.17) is 63.8 Å². The number of Topliss-reactive ketones (excluding diaryl/α,β-unsaturated/α-hetero) is 1. The van der Waals surface area contributed by atoms with Crippen molar-refractivity contribution in [2.45, 2.75) is 132 Å². The molecule has 6 bridgehead atoms. The number of alkyl carbamates (subject to hydrolysis) is 1. The molecule has 26 nitrogen and oxygen atoms in total. The van der Waals surface area contributed by atoms with E-state index >= 15 is 0 Å². The van der Waals surface area contributed by atoms with Crippen molar-refractivity contribution in [2.24, 2.45) is 5.92 Å². The number of rotatable bonds is 32. The number of likely N-dealkylation sites (tertiary alicyclic amines) is 1. The quantitative estimate of drug-likeness (QED) is 0.0688. The number of aliphatic hydroxyl groups is 1. The molecular weight excluding hydrogens is 1170 g/mol. The van der Waals surface area contributed by atoms with Crippen molar-refractivity contribution >= 4 is 82.3 Å². The lowest BCUT2D eigenvalue weighted by Gasteiger charge is -2.60. The van der Waals surface area contributed by atoms with Gasteiger partial charge in [0.15, 0.2) is 11.5 Å². The molecule has 6 heterocycles. The van der Waals surface area contributed by atoms with Crippen LogP contribution in [0.5, 0.6) is 5.75 Å². The summed E-state index contributed by atoms with van der Waals surface area (Å²) in [6.07, 6.45) is 1.76. The Morgan fingerprint density at radius 1 is 0.849 bits per heavy atom. The maximum absolute atomic E-state index is 14.4. The van der Waals surface area contributed by atoms with E-state index in [1.807, 2.05) is 19.1 Å². The number of allylic oxidation sites excluding steroid dienone is 3. The first-order valence-corrected chi connectivity index (χ1v) is 30.2. The number of anilines is 1. The molecule has 6 aliphatic rings. The molecule has 7 amide bonds. The number of fused-ring (bicyclic) bond motifs is 6. The number of carbonyl (C=O) groups is 9. The molecule has 3 N–H and O–H groups in total. The predicted octanol–water partition coefficient (Wildman–Crippen LogP) is 3.33. The van der Waals surface area contributed by atoms with Crippen LogP contribution in [-0.4, -0.2) is 222 Å². The van der Waals surface area contributed by atoms with Crippen molar-refractivity contribution in [3.05, 3.63) is 46.5 Å². The second kappa shape index (κ2) is 33.1. The molecule has 4 saturated heterocycles. The average Bonchev–Trinajstić information content (AvgIpc) is 0.879. The monoisotopic (exact) mass is 1250 g/mol. The highest BCUT2D eigenvalue weighted by Gasteiger charge is 2.62. The van der Waals surface area contributed by atoms with Crippen molar-refractivity contribution in [2.75, 3.05) is 118 Å². The van der Waals surface area contributed by atoms with Gasteiger partial charge in [0.2, 0.25) is 23.6 Å². The zero-order valence-electron chi connectivity index (χ0n) is 50.0. The fraction of sp³-hybridized carbons (Fsp3) is 0.672. The van der Waals surface area contributed by atoms with E-state index < -0.39 is 70.3 Å². The lowest BCUT2D eigenvalue weighted by Crippen LogP contribution is -2.71. The molecule has 0 spiro atoms. The Morgan fingerprint density at radius 2 is 1.49 bits per heavy atom. The maximum Gasteiger partial charge on any atom is 0.409 e. The van der Waals surface area contributed by atoms with Gasteiger partial charge in [0.05, 0.1) is 103 Å². The number of ether oxygens (including phenoxy) is 10. The number of benzene rings is 1. The number of nitrogens with one attached hydrogen (secondary N) is 2. The Hall–Kier alpha value is -5.59. The van der Waals surface area contributed by atoms with Crippen molar-refractivity contribution in [1.29, 1.82) is 0 Å². The molecule has 478 valence electrons. The van der Waals surface area contributed by atoms with Gasteiger partial charge in [-0.3, -0.25) is 43.8 Å². The van der Waals surface area contributed by atoms with Crippen LogP contribution in [0.4, 0.5) is 10.5 Å². The smallest absolute Gasteiger partial charge is 0.409 e. The third-order valence-corrected chi connectivity index (χ3v) is 16.8. The SMILES string of the molecule is COc1cc2cc(c1Cl)N(C)C(=O)C[C@H](CC(=O)[C@H](C)OCCOCCSC1CC(=O)N(CCC(=O)NCCOCCOCCOCCOCCC(=O)ON3C(=O)CCC3=O)C1=O)[C@@]1(C)CC(C)(O1)C1C[C@@](O)(NC(=O)O1)[C@H](OC)/C=C/C=C(\C)C2. The third-order valence-electron chi connectivity index (χ3n) is 15.3. The van der Waals surface area contributed by atoms with Crippen LogP contribution in [0.15, 0.2) is 35.9 Å². The van der Waals surface area contributed by atoms with Crippen LogP contribution in [-0.2, 0) is 92.2 Å². The van der Waals surface area contributed by atoms with Crippen LogP contribution < -0.4 is 20.3 Å². The summed E-state index contributed by atoms with van der Waals surface area (Å²) < 4.78 is 57.0. The fourth-order valence-electron chi connectivity index (χ4n) is 10.6. The van der Waals surface area contributed by atoms with Crippen LogP contribution in [0, 0.1) is 5.92 Å². The molecule has 0 aromatic heterocycles. The standard InChI is InChI=1S/C58H82ClN5O21S/c1-37-9-8-10-45(76-7)58(74)35-46(83-55(73)61-58)57(4)36-56(3,85-57)40(33-50(69)62(5)41-30-39(29-37)31-43(75-6)53(41)59)32-42(65)38(2)82-26-25-81-27-28-86-44-34-51(70)63(54(44)72)16-13-47(66)60-15-18-78-20-22-80-24-23-79-21-19-77-17-14-52(71)84-64-48(67)11-12-49(64)68/h8-10,30-31,38,40,44-46,74H,11-29,32-36H2,1-7H3,(H,60,66)(H,61,73)/b10-8+,37-9+/t38-,40-,44?,45+,46?,56+,57?,58-/m0/s1. The number of nitrogens with zero attached hydrogens (tertiary/aromatic N) is 3. The molecule has 3 unspecified atom stereocenters. The number of ketones is 1. The minimum absolute atomic E-state index is 0.000765. The molecule has 0 aliphatic carbocycles. The van der Waals surface area contributed by atoms with Crippen LogP contribution in [0.2, 0.25) is 5.02 Å². The molecule has 86 heavy (non-hydrogen) atoms. The first kappa shape index (κ1) is 69.5. The van der Waals surface area contributed by atoms with E-state index in [0.29, 0.717) is 48.5 Å². The minimum atomic E-state index is -1.87. The van der Waals surface area contributed by atoms with E-state index in [1.54, 1.807) is 46.0 Å². The van der Waals surface area contributed by atoms with E-state index in [-0.39, 0.29) is 158 Å². The van der Waals surface area contributed by atoms with Gasteiger partial charge in [0.1, 0.15) is 34.7 Å². The van der Waals surface area contributed by atoms with Gasteiger partial charge < -0.3 is 67.5 Å². The third kappa shape index (κ3) is 19.7. The zero-order chi connectivity index (χ0) is 62.6. The number of carbonyl (C=O) groups excluding carboxylic acids is 9. The van der Waals surface area contributed by atoms with E-state index in [0.717, 1.165) is 16.0 Å². The van der Waals surface area contributed by atoms with E-state index in [1.165, 1.54) is 30.9 Å². The molecule has 6 aliphatic heterocycles. The molecule has 0 radical (unpaired) electrons. The highest BCUT2D eigenvalue weighted by atomic mass is 35.5. The summed E-state index contributed by atoms with van der Waals surface area (Å²) in [6.45, 7) is 9.57. The normalized spacial score (nSPS) is 26.6. The molecular formula is C58H82ClN5O21S. The molecule has 1 aromatic carbocycles. The summed E-state index contributed by atoms with van der Waals surface area (Å²) >= 11 is 8.11. The number of hydrogen-bond donors (Lipinski definition) is 3. The van der Waals surface area contributed by atoms with Gasteiger partial charge in [-0.05, 0) is 51.8 Å². The van der Waals surface area contributed by atoms with Gasteiger partial charge in [-0.25, -0.2) is 9.59 Å². The van der Waals surface area contributed by atoms with Gasteiger partial charge >= 0.3 is 12.1 Å². The topological polar surface area (TPSA) is 309 Å². The first-order chi connectivity index (χ1) is 41.0. The Labute approximate surface area is 509 Å². The number of thioether (sulfide) groups is 1. The van der Waals surface area contributed by atoms with Gasteiger partial charge in [-0.1, -0.05) is 35.4 Å². The average molecular weight is 1250 g/mol. The van der Waals surface area contributed by atoms with Crippen molar-refractivity contribution in [1.82, 2.24) is 20.6 Å².